The van der Waals surface area contributed by atoms with Crippen LogP contribution in [0, 0.1) is 0 Å². The first-order valence-electron chi connectivity index (χ1n) is 4.94. The van der Waals surface area contributed by atoms with Crippen molar-refractivity contribution in [2.45, 2.75) is 0 Å². The van der Waals surface area contributed by atoms with Crippen LogP contribution < -0.4 is 5.32 Å². The second-order valence-corrected chi connectivity index (χ2v) is 3.93. The molecule has 0 aliphatic rings. The van der Waals surface area contributed by atoms with Gasteiger partial charge in [-0.15, -0.1) is 16.4 Å². The van der Waals surface area contributed by atoms with E-state index in [1.165, 1.54) is 19.5 Å². The molecule has 0 bridgehead atoms. The number of hydrogen-bond acceptors (Lipinski definition) is 8. The zero-order valence-electron chi connectivity index (χ0n) is 9.68. The smallest absolute Gasteiger partial charge is 0.303 e. The SMILES string of the molecule is CON=C(C(=O)n1ccnn1)c1csc(NC=O)n1. The van der Waals surface area contributed by atoms with Crippen LogP contribution in [0.25, 0.3) is 0 Å². The number of oxime groups is 1. The second-order valence-electron chi connectivity index (χ2n) is 3.08. The number of carbonyl (C=O) groups is 2. The van der Waals surface area contributed by atoms with Gasteiger partial charge in [0.15, 0.2) is 10.8 Å². The van der Waals surface area contributed by atoms with Gasteiger partial charge in [0.2, 0.25) is 6.41 Å². The summed E-state index contributed by atoms with van der Waals surface area (Å²) in [4.78, 5) is 31.1. The summed E-state index contributed by atoms with van der Waals surface area (Å²) in [7, 11) is 1.31. The van der Waals surface area contributed by atoms with Crippen LogP contribution in [0.5, 0.6) is 0 Å². The van der Waals surface area contributed by atoms with E-state index in [4.69, 9.17) is 0 Å². The number of anilines is 1. The Balaban J connectivity index is 2.32. The minimum atomic E-state index is -0.540. The summed E-state index contributed by atoms with van der Waals surface area (Å²) in [6.07, 6.45) is 3.24. The Morgan fingerprint density at radius 2 is 2.47 bits per heavy atom. The molecular formula is C9H8N6O3S. The molecule has 0 fully saturated rings. The normalized spacial score (nSPS) is 11.1. The fourth-order valence-electron chi connectivity index (χ4n) is 1.21. The van der Waals surface area contributed by atoms with Crippen LogP contribution >= 0.6 is 11.3 Å². The molecule has 2 rings (SSSR count). The number of thiazole rings is 1. The van der Waals surface area contributed by atoms with Gasteiger partial charge in [-0.1, -0.05) is 10.4 Å². The van der Waals surface area contributed by atoms with E-state index in [0.717, 1.165) is 16.0 Å². The van der Waals surface area contributed by atoms with E-state index in [2.05, 4.69) is 30.6 Å². The van der Waals surface area contributed by atoms with Crippen molar-refractivity contribution in [3.8, 4) is 0 Å². The topological polar surface area (TPSA) is 111 Å². The van der Waals surface area contributed by atoms with Gasteiger partial charge in [0.1, 0.15) is 12.8 Å². The summed E-state index contributed by atoms with van der Waals surface area (Å²) in [6, 6.07) is 0. The van der Waals surface area contributed by atoms with Gasteiger partial charge in [-0.3, -0.25) is 9.59 Å². The molecule has 0 atom stereocenters. The molecule has 1 amide bonds. The van der Waals surface area contributed by atoms with Crippen LogP contribution in [0.1, 0.15) is 10.5 Å². The average Bonchev–Trinajstić information content (AvgIpc) is 3.06. The van der Waals surface area contributed by atoms with Crippen LogP contribution in [-0.2, 0) is 9.63 Å². The molecule has 0 saturated heterocycles. The molecule has 19 heavy (non-hydrogen) atoms. The third-order valence-electron chi connectivity index (χ3n) is 1.94. The zero-order valence-corrected chi connectivity index (χ0v) is 10.5. The molecule has 0 unspecified atom stereocenters. The summed E-state index contributed by atoms with van der Waals surface area (Å²) < 4.78 is 1.00. The molecule has 2 heterocycles. The van der Waals surface area contributed by atoms with E-state index >= 15 is 0 Å². The maximum Gasteiger partial charge on any atom is 0.303 e. The van der Waals surface area contributed by atoms with Gasteiger partial charge in [0.05, 0.1) is 12.4 Å². The zero-order chi connectivity index (χ0) is 13.7. The largest absolute Gasteiger partial charge is 0.398 e. The Morgan fingerprint density at radius 3 is 3.11 bits per heavy atom. The van der Waals surface area contributed by atoms with Crippen molar-refractivity contribution in [2.75, 3.05) is 12.4 Å². The standard InChI is InChI=1S/C9H8N6O3S/c1-18-13-7(8(17)15-3-2-11-14-15)6-4-19-9(12-6)10-5-16/h2-5H,1H3,(H,10,12,16). The van der Waals surface area contributed by atoms with Crippen LogP contribution in [0.4, 0.5) is 5.13 Å². The van der Waals surface area contributed by atoms with Gasteiger partial charge in [0.25, 0.3) is 0 Å². The van der Waals surface area contributed by atoms with Crippen molar-refractivity contribution in [1.29, 1.82) is 0 Å². The monoisotopic (exact) mass is 280 g/mol. The molecule has 98 valence electrons. The van der Waals surface area contributed by atoms with Crippen LogP contribution in [0.15, 0.2) is 22.9 Å². The fraction of sp³-hybridized carbons (Fsp3) is 0.111. The van der Waals surface area contributed by atoms with E-state index in [1.54, 1.807) is 5.38 Å². The number of nitrogens with one attached hydrogen (secondary N) is 1. The van der Waals surface area contributed by atoms with Gasteiger partial charge in [-0.05, 0) is 0 Å². The van der Waals surface area contributed by atoms with E-state index in [-0.39, 0.29) is 11.4 Å². The minimum absolute atomic E-state index is 0.0387. The predicted octanol–water partition coefficient (Wildman–Crippen LogP) is -0.00620. The molecule has 10 heteroatoms. The molecule has 0 spiro atoms. The number of hydrogen-bond donors (Lipinski definition) is 1. The number of carbonyl (C=O) groups excluding carboxylic acids is 2. The fourth-order valence-corrected chi connectivity index (χ4v) is 1.87. The summed E-state index contributed by atoms with van der Waals surface area (Å²) in [6.45, 7) is 0. The first-order chi connectivity index (χ1) is 9.26. The highest BCUT2D eigenvalue weighted by atomic mass is 32.1. The first kappa shape index (κ1) is 12.8. The Hall–Kier alpha value is -2.62. The highest BCUT2D eigenvalue weighted by Gasteiger charge is 2.21. The minimum Gasteiger partial charge on any atom is -0.398 e. The van der Waals surface area contributed by atoms with E-state index in [1.807, 2.05) is 0 Å². The number of amides is 1. The number of nitrogens with zero attached hydrogens (tertiary/aromatic N) is 5. The molecule has 0 aliphatic carbocycles. The van der Waals surface area contributed by atoms with Crippen molar-refractivity contribution in [2.24, 2.45) is 5.16 Å². The van der Waals surface area contributed by atoms with Crippen LogP contribution in [-0.4, -0.2) is 45.1 Å². The first-order valence-corrected chi connectivity index (χ1v) is 5.82. The Kier molecular flexibility index (Phi) is 3.93. The van der Waals surface area contributed by atoms with E-state index < -0.39 is 5.91 Å². The highest BCUT2D eigenvalue weighted by molar-refractivity contribution is 7.14. The molecular weight excluding hydrogens is 272 g/mol. The Bertz CT molecular complexity index is 605. The molecule has 0 radical (unpaired) electrons. The molecule has 0 aliphatic heterocycles. The predicted molar refractivity (Wildman–Crippen MR) is 66.0 cm³/mol. The molecule has 0 saturated carbocycles. The summed E-state index contributed by atoms with van der Waals surface area (Å²) in [5, 5.41) is 15.0. The summed E-state index contributed by atoms with van der Waals surface area (Å²) in [5.74, 6) is -0.540. The quantitative estimate of drug-likeness (QED) is 0.468. The molecule has 9 nitrogen and oxygen atoms in total. The molecule has 2 aromatic heterocycles. The van der Waals surface area contributed by atoms with Gasteiger partial charge in [-0.25, -0.2) is 4.98 Å². The van der Waals surface area contributed by atoms with E-state index in [9.17, 15) is 9.59 Å². The van der Waals surface area contributed by atoms with Gasteiger partial charge < -0.3 is 10.2 Å². The lowest BCUT2D eigenvalue weighted by molar-refractivity contribution is -0.105. The van der Waals surface area contributed by atoms with Gasteiger partial charge in [0, 0.05) is 5.38 Å². The third kappa shape index (κ3) is 2.80. The third-order valence-corrected chi connectivity index (χ3v) is 2.72. The van der Waals surface area contributed by atoms with Crippen molar-refractivity contribution in [3.05, 3.63) is 23.5 Å². The summed E-state index contributed by atoms with van der Waals surface area (Å²) >= 11 is 1.16. The molecule has 2 aromatic rings. The van der Waals surface area contributed by atoms with Crippen molar-refractivity contribution in [1.82, 2.24) is 20.0 Å². The summed E-state index contributed by atoms with van der Waals surface area (Å²) in [5.41, 5.74) is 0.236. The average molecular weight is 280 g/mol. The van der Waals surface area contributed by atoms with Gasteiger partial charge >= 0.3 is 5.91 Å². The Morgan fingerprint density at radius 1 is 1.63 bits per heavy atom. The Labute approximate surface area is 110 Å². The van der Waals surface area contributed by atoms with Crippen LogP contribution in [0.2, 0.25) is 0 Å². The highest BCUT2D eigenvalue weighted by Crippen LogP contribution is 2.16. The van der Waals surface area contributed by atoms with Crippen molar-refractivity contribution < 1.29 is 14.4 Å². The van der Waals surface area contributed by atoms with Crippen molar-refractivity contribution in [3.63, 3.8) is 0 Å². The van der Waals surface area contributed by atoms with Gasteiger partial charge in [-0.2, -0.15) is 4.68 Å². The molecule has 0 aromatic carbocycles. The lowest BCUT2D eigenvalue weighted by atomic mass is 10.3. The van der Waals surface area contributed by atoms with Crippen LogP contribution in [0.3, 0.4) is 0 Å². The number of aromatic nitrogens is 4. The molecule has 1 N–H and O–H groups in total. The maximum atomic E-state index is 12.1. The lowest BCUT2D eigenvalue weighted by Crippen LogP contribution is -2.24. The second kappa shape index (κ2) is 5.82. The maximum absolute atomic E-state index is 12.1. The number of rotatable bonds is 5. The van der Waals surface area contributed by atoms with Crippen molar-refractivity contribution >= 4 is 34.5 Å². The lowest BCUT2D eigenvalue weighted by Gasteiger charge is -2.00. The van der Waals surface area contributed by atoms with E-state index in [0.29, 0.717) is 11.5 Å².